The van der Waals surface area contributed by atoms with Crippen LogP contribution in [0.1, 0.15) is 6.42 Å². The van der Waals surface area contributed by atoms with Crippen molar-refractivity contribution < 1.29 is 24.2 Å². The second kappa shape index (κ2) is 4.71. The van der Waals surface area contributed by atoms with Crippen LogP contribution in [0.5, 0.6) is 0 Å². The van der Waals surface area contributed by atoms with Crippen molar-refractivity contribution in [2.45, 2.75) is 22.1 Å². The molecule has 0 saturated heterocycles. The molecule has 3 rings (SSSR count). The normalized spacial score (nSPS) is 37.0. The minimum atomic E-state index is -1.53. The highest BCUT2D eigenvalue weighted by atomic mass is 32.2. The summed E-state index contributed by atoms with van der Waals surface area (Å²) in [6, 6.07) is 6.18. The molecule has 7 heteroatoms. The predicted octanol–water partition coefficient (Wildman–Crippen LogP) is 1.42. The summed E-state index contributed by atoms with van der Waals surface area (Å²) < 4.78 is 13.7. The van der Waals surface area contributed by atoms with Gasteiger partial charge in [-0.2, -0.15) is 0 Å². The van der Waals surface area contributed by atoms with E-state index in [0.29, 0.717) is 4.90 Å². The molecule has 2 fully saturated rings. The summed E-state index contributed by atoms with van der Waals surface area (Å²) in [4.78, 5) is 23.0. The topological polar surface area (TPSA) is 101 Å². The summed E-state index contributed by atoms with van der Waals surface area (Å²) in [5.74, 6) is -4.23. The monoisotopic (exact) mass is 311 g/mol. The van der Waals surface area contributed by atoms with Crippen molar-refractivity contribution in [3.05, 3.63) is 30.1 Å². The van der Waals surface area contributed by atoms with Crippen molar-refractivity contribution in [3.63, 3.8) is 0 Å². The van der Waals surface area contributed by atoms with Crippen LogP contribution in [0.4, 0.5) is 4.39 Å². The van der Waals surface area contributed by atoms with E-state index in [-0.39, 0.29) is 17.6 Å². The van der Waals surface area contributed by atoms with Gasteiger partial charge in [0.15, 0.2) is 0 Å². The molecule has 5 atom stereocenters. The first-order valence-corrected chi connectivity index (χ1v) is 7.40. The molecule has 2 aliphatic carbocycles. The third kappa shape index (κ3) is 2.11. The van der Waals surface area contributed by atoms with Crippen LogP contribution in [0.3, 0.4) is 0 Å². The van der Waals surface area contributed by atoms with Gasteiger partial charge >= 0.3 is 11.9 Å². The summed E-state index contributed by atoms with van der Waals surface area (Å²) in [6.07, 6.45) is 0.153. The molecule has 21 heavy (non-hydrogen) atoms. The first-order valence-electron chi connectivity index (χ1n) is 6.52. The van der Waals surface area contributed by atoms with E-state index in [4.69, 9.17) is 5.73 Å². The van der Waals surface area contributed by atoms with Crippen LogP contribution in [0.2, 0.25) is 0 Å². The lowest BCUT2D eigenvalue weighted by atomic mass is 9.91. The number of benzene rings is 1. The lowest BCUT2D eigenvalue weighted by molar-refractivity contribution is -0.145. The SMILES string of the molecule is NC1(C(=O)O)CC(Sc2ccccc2F)C2C(C(=O)O)C21. The Morgan fingerprint density at radius 2 is 2.00 bits per heavy atom. The van der Waals surface area contributed by atoms with Crippen molar-refractivity contribution in [1.82, 2.24) is 0 Å². The number of fused-ring (bicyclic) bond motifs is 1. The van der Waals surface area contributed by atoms with Crippen LogP contribution < -0.4 is 5.73 Å². The van der Waals surface area contributed by atoms with E-state index in [1.807, 2.05) is 0 Å². The summed E-state index contributed by atoms with van der Waals surface area (Å²) in [7, 11) is 0. The molecule has 0 aromatic heterocycles. The molecule has 5 nitrogen and oxygen atoms in total. The van der Waals surface area contributed by atoms with E-state index in [9.17, 15) is 24.2 Å². The first-order chi connectivity index (χ1) is 9.86. The number of nitrogens with two attached hydrogens (primary N) is 1. The molecule has 0 aliphatic heterocycles. The lowest BCUT2D eigenvalue weighted by Crippen LogP contribution is -2.50. The van der Waals surface area contributed by atoms with E-state index in [0.717, 1.165) is 0 Å². The Morgan fingerprint density at radius 3 is 2.57 bits per heavy atom. The van der Waals surface area contributed by atoms with E-state index in [2.05, 4.69) is 0 Å². The fraction of sp³-hybridized carbons (Fsp3) is 0.429. The van der Waals surface area contributed by atoms with Crippen LogP contribution in [-0.4, -0.2) is 32.9 Å². The third-order valence-electron chi connectivity index (χ3n) is 4.44. The van der Waals surface area contributed by atoms with Gasteiger partial charge in [0.2, 0.25) is 0 Å². The highest BCUT2D eigenvalue weighted by Crippen LogP contribution is 2.65. The number of carboxylic acids is 2. The molecular weight excluding hydrogens is 297 g/mol. The third-order valence-corrected chi connectivity index (χ3v) is 5.81. The molecule has 0 spiro atoms. The van der Waals surface area contributed by atoms with Gasteiger partial charge in [-0.25, -0.2) is 4.39 Å². The fourth-order valence-electron chi connectivity index (χ4n) is 3.44. The highest BCUT2D eigenvalue weighted by molar-refractivity contribution is 8.00. The van der Waals surface area contributed by atoms with Crippen LogP contribution in [0.15, 0.2) is 29.2 Å². The second-order valence-corrected chi connectivity index (χ2v) is 6.88. The highest BCUT2D eigenvalue weighted by Gasteiger charge is 2.73. The zero-order chi connectivity index (χ0) is 15.4. The molecule has 2 aliphatic rings. The van der Waals surface area contributed by atoms with Crippen molar-refractivity contribution in [1.29, 1.82) is 0 Å². The maximum Gasteiger partial charge on any atom is 0.324 e. The largest absolute Gasteiger partial charge is 0.481 e. The van der Waals surface area contributed by atoms with Gasteiger partial charge in [0, 0.05) is 16.1 Å². The van der Waals surface area contributed by atoms with Crippen LogP contribution in [0, 0.1) is 23.6 Å². The van der Waals surface area contributed by atoms with Gasteiger partial charge in [-0.3, -0.25) is 9.59 Å². The molecule has 112 valence electrons. The van der Waals surface area contributed by atoms with Gasteiger partial charge in [0.1, 0.15) is 11.4 Å². The molecule has 0 bridgehead atoms. The van der Waals surface area contributed by atoms with E-state index in [1.54, 1.807) is 18.2 Å². The Hall–Kier alpha value is -1.60. The fourth-order valence-corrected chi connectivity index (χ4v) is 4.96. The number of hydrogen-bond donors (Lipinski definition) is 3. The number of rotatable bonds is 4. The first kappa shape index (κ1) is 14.3. The van der Waals surface area contributed by atoms with Gasteiger partial charge in [-0.05, 0) is 24.5 Å². The minimum absolute atomic E-state index is 0.153. The zero-order valence-corrected chi connectivity index (χ0v) is 11.7. The Balaban J connectivity index is 1.86. The smallest absolute Gasteiger partial charge is 0.324 e. The Kier molecular flexibility index (Phi) is 3.22. The Morgan fingerprint density at radius 1 is 1.33 bits per heavy atom. The second-order valence-electron chi connectivity index (χ2n) is 5.60. The van der Waals surface area contributed by atoms with Crippen molar-refractivity contribution in [3.8, 4) is 0 Å². The molecule has 0 radical (unpaired) electrons. The minimum Gasteiger partial charge on any atom is -0.481 e. The molecule has 4 N–H and O–H groups in total. The Labute approximate surface area is 124 Å². The van der Waals surface area contributed by atoms with Crippen molar-refractivity contribution in [2.75, 3.05) is 0 Å². The van der Waals surface area contributed by atoms with Gasteiger partial charge in [-0.1, -0.05) is 12.1 Å². The summed E-state index contributed by atoms with van der Waals surface area (Å²) >= 11 is 1.19. The van der Waals surface area contributed by atoms with E-state index in [1.165, 1.54) is 17.8 Å². The quantitative estimate of drug-likeness (QED) is 0.777. The van der Waals surface area contributed by atoms with E-state index >= 15 is 0 Å². The van der Waals surface area contributed by atoms with Gasteiger partial charge < -0.3 is 15.9 Å². The summed E-state index contributed by atoms with van der Waals surface area (Å²) in [6.45, 7) is 0. The number of halogens is 1. The molecule has 1 aromatic rings. The standard InChI is InChI=1S/C14H14FNO4S/c15-6-3-1-2-4-7(6)21-8-5-14(16,13(19)20)11-9(8)10(11)12(17)18/h1-4,8-11H,5,16H2,(H,17,18)(H,19,20). The molecule has 1 aromatic carbocycles. The van der Waals surface area contributed by atoms with Gasteiger partial charge in [-0.15, -0.1) is 11.8 Å². The number of hydrogen-bond acceptors (Lipinski definition) is 4. The molecule has 2 saturated carbocycles. The summed E-state index contributed by atoms with van der Waals surface area (Å²) in [5, 5.41) is 18.2. The molecular formula is C14H14FNO4S. The van der Waals surface area contributed by atoms with Crippen LogP contribution in [-0.2, 0) is 9.59 Å². The molecule has 0 heterocycles. The van der Waals surface area contributed by atoms with Crippen molar-refractivity contribution >= 4 is 23.7 Å². The average molecular weight is 311 g/mol. The maximum absolute atomic E-state index is 13.7. The number of thioether (sulfide) groups is 1. The van der Waals surface area contributed by atoms with Crippen LogP contribution >= 0.6 is 11.8 Å². The molecule has 5 unspecified atom stereocenters. The van der Waals surface area contributed by atoms with Crippen LogP contribution in [0.25, 0.3) is 0 Å². The maximum atomic E-state index is 13.7. The zero-order valence-electron chi connectivity index (χ0n) is 10.9. The van der Waals surface area contributed by atoms with Gasteiger partial charge in [0.05, 0.1) is 5.92 Å². The lowest BCUT2D eigenvalue weighted by Gasteiger charge is -2.24. The predicted molar refractivity (Wildman–Crippen MR) is 73.3 cm³/mol. The molecule has 0 amide bonds. The number of carboxylic acid groups (broad SMARTS) is 2. The average Bonchev–Trinajstić information content (AvgIpc) is 3.10. The van der Waals surface area contributed by atoms with Crippen molar-refractivity contribution in [2.24, 2.45) is 23.5 Å². The Bertz CT molecular complexity index is 625. The van der Waals surface area contributed by atoms with E-state index < -0.39 is 35.1 Å². The number of carbonyl (C=O) groups is 2. The number of aliphatic carboxylic acids is 2. The summed E-state index contributed by atoms with van der Waals surface area (Å²) in [5.41, 5.74) is 4.40. The van der Waals surface area contributed by atoms with Gasteiger partial charge in [0.25, 0.3) is 0 Å².